The lowest BCUT2D eigenvalue weighted by molar-refractivity contribution is 0.102. The second-order valence-corrected chi connectivity index (χ2v) is 5.48. The average molecular weight is 349 g/mol. The second-order valence-electron chi connectivity index (χ2n) is 4.63. The highest BCUT2D eigenvalue weighted by atomic mass is 79.9. The van der Waals surface area contributed by atoms with E-state index in [9.17, 15) is 4.79 Å². The fourth-order valence-corrected chi connectivity index (χ4v) is 2.34. The molecular formula is C16H17BrN2O2. The monoisotopic (exact) mass is 348 g/mol. The van der Waals surface area contributed by atoms with Crippen molar-refractivity contribution in [2.24, 2.45) is 0 Å². The lowest BCUT2D eigenvalue weighted by Crippen LogP contribution is -2.14. The molecule has 4 nitrogen and oxygen atoms in total. The smallest absolute Gasteiger partial charge is 0.256 e. The van der Waals surface area contributed by atoms with Crippen LogP contribution in [0.25, 0.3) is 0 Å². The zero-order valence-corrected chi connectivity index (χ0v) is 13.5. The molecule has 0 saturated carbocycles. The number of hydrogen-bond donors (Lipinski definition) is 2. The van der Waals surface area contributed by atoms with E-state index in [1.165, 1.54) is 0 Å². The Morgan fingerprint density at radius 3 is 2.76 bits per heavy atom. The van der Waals surface area contributed by atoms with Crippen LogP contribution in [0.15, 0.2) is 40.9 Å². The van der Waals surface area contributed by atoms with Crippen LogP contribution in [0, 0.1) is 6.92 Å². The fraction of sp³-hybridized carbons (Fsp3) is 0.188. The van der Waals surface area contributed by atoms with E-state index >= 15 is 0 Å². The molecule has 0 heterocycles. The Morgan fingerprint density at radius 1 is 1.29 bits per heavy atom. The summed E-state index contributed by atoms with van der Waals surface area (Å²) in [5, 5.41) is 2.86. The summed E-state index contributed by atoms with van der Waals surface area (Å²) >= 11 is 3.36. The molecule has 0 spiro atoms. The maximum absolute atomic E-state index is 12.4. The summed E-state index contributed by atoms with van der Waals surface area (Å²) in [4.78, 5) is 12.4. The molecule has 0 fully saturated rings. The molecule has 0 aliphatic rings. The molecule has 0 atom stereocenters. The number of carbonyl (C=O) groups excluding carboxylic acids is 1. The molecule has 110 valence electrons. The number of amides is 1. The number of hydrogen-bond acceptors (Lipinski definition) is 3. The third-order valence-corrected chi connectivity index (χ3v) is 3.61. The molecular weight excluding hydrogens is 332 g/mol. The van der Waals surface area contributed by atoms with E-state index in [1.54, 1.807) is 18.2 Å². The van der Waals surface area contributed by atoms with Crippen LogP contribution in [-0.4, -0.2) is 12.5 Å². The van der Waals surface area contributed by atoms with Crippen LogP contribution in [0.3, 0.4) is 0 Å². The van der Waals surface area contributed by atoms with E-state index in [-0.39, 0.29) is 5.91 Å². The Morgan fingerprint density at radius 2 is 2.05 bits per heavy atom. The van der Waals surface area contributed by atoms with Crippen molar-refractivity contribution in [3.8, 4) is 5.75 Å². The van der Waals surface area contributed by atoms with E-state index in [1.807, 2.05) is 32.0 Å². The lowest BCUT2D eigenvalue weighted by atomic mass is 10.1. The number of rotatable bonds is 4. The zero-order chi connectivity index (χ0) is 15.4. The number of ether oxygens (including phenoxy) is 1. The highest BCUT2D eigenvalue weighted by molar-refractivity contribution is 9.10. The minimum absolute atomic E-state index is 0.237. The van der Waals surface area contributed by atoms with Crippen LogP contribution in [-0.2, 0) is 0 Å². The van der Waals surface area contributed by atoms with E-state index in [0.717, 1.165) is 5.56 Å². The molecule has 2 aromatic carbocycles. The van der Waals surface area contributed by atoms with Crippen molar-refractivity contribution in [1.29, 1.82) is 0 Å². The van der Waals surface area contributed by atoms with Crippen molar-refractivity contribution in [1.82, 2.24) is 0 Å². The number of anilines is 2. The Balaban J connectivity index is 2.29. The number of nitrogen functional groups attached to an aromatic ring is 1. The van der Waals surface area contributed by atoms with Gasteiger partial charge in [-0.15, -0.1) is 0 Å². The largest absolute Gasteiger partial charge is 0.492 e. The number of nitrogens with two attached hydrogens (primary N) is 1. The molecule has 0 unspecified atom stereocenters. The molecule has 5 heteroatoms. The van der Waals surface area contributed by atoms with Crippen molar-refractivity contribution in [2.45, 2.75) is 13.8 Å². The minimum atomic E-state index is -0.237. The van der Waals surface area contributed by atoms with Gasteiger partial charge in [0.1, 0.15) is 5.75 Å². The van der Waals surface area contributed by atoms with Gasteiger partial charge in [-0.25, -0.2) is 0 Å². The summed E-state index contributed by atoms with van der Waals surface area (Å²) < 4.78 is 6.25. The number of benzene rings is 2. The lowest BCUT2D eigenvalue weighted by Gasteiger charge is -2.13. The number of carbonyl (C=O) groups is 1. The first-order valence-electron chi connectivity index (χ1n) is 6.61. The third kappa shape index (κ3) is 3.76. The highest BCUT2D eigenvalue weighted by Gasteiger charge is 2.13. The molecule has 2 rings (SSSR count). The molecule has 0 aliphatic carbocycles. The summed E-state index contributed by atoms with van der Waals surface area (Å²) in [6, 6.07) is 10.8. The van der Waals surface area contributed by atoms with Gasteiger partial charge < -0.3 is 15.8 Å². The molecule has 0 aromatic heterocycles. The van der Waals surface area contributed by atoms with Gasteiger partial charge >= 0.3 is 0 Å². The molecule has 0 bridgehead atoms. The summed E-state index contributed by atoms with van der Waals surface area (Å²) in [6.07, 6.45) is 0. The van der Waals surface area contributed by atoms with Gasteiger partial charge in [0, 0.05) is 10.2 Å². The van der Waals surface area contributed by atoms with Crippen LogP contribution in [0.5, 0.6) is 5.75 Å². The van der Waals surface area contributed by atoms with Gasteiger partial charge in [-0.3, -0.25) is 4.79 Å². The summed E-state index contributed by atoms with van der Waals surface area (Å²) in [6.45, 7) is 4.42. The van der Waals surface area contributed by atoms with Crippen LogP contribution >= 0.6 is 15.9 Å². The Kier molecular flexibility index (Phi) is 4.85. The summed E-state index contributed by atoms with van der Waals surface area (Å²) in [5.74, 6) is 0.421. The van der Waals surface area contributed by atoms with Crippen LogP contribution in [0.1, 0.15) is 22.8 Å². The molecule has 2 aromatic rings. The van der Waals surface area contributed by atoms with Crippen LogP contribution in [0.2, 0.25) is 0 Å². The maximum Gasteiger partial charge on any atom is 0.256 e. The van der Waals surface area contributed by atoms with Crippen molar-refractivity contribution in [3.05, 3.63) is 52.0 Å². The van der Waals surface area contributed by atoms with Gasteiger partial charge in [0.05, 0.1) is 17.9 Å². The Labute approximate surface area is 132 Å². The third-order valence-electron chi connectivity index (χ3n) is 2.92. The van der Waals surface area contributed by atoms with Crippen LogP contribution < -0.4 is 15.8 Å². The first-order chi connectivity index (χ1) is 10.0. The number of nitrogens with one attached hydrogen (secondary N) is 1. The Bertz CT molecular complexity index is 671. The quantitative estimate of drug-likeness (QED) is 0.821. The molecule has 0 saturated heterocycles. The number of halogens is 1. The summed E-state index contributed by atoms with van der Waals surface area (Å²) in [5.41, 5.74) is 8.47. The molecule has 21 heavy (non-hydrogen) atoms. The highest BCUT2D eigenvalue weighted by Crippen LogP contribution is 2.27. The van der Waals surface area contributed by atoms with Crippen LogP contribution in [0.4, 0.5) is 11.4 Å². The number of aryl methyl sites for hydroxylation is 1. The molecule has 1 amide bonds. The second kappa shape index (κ2) is 6.63. The van der Waals surface area contributed by atoms with Crippen molar-refractivity contribution < 1.29 is 9.53 Å². The summed E-state index contributed by atoms with van der Waals surface area (Å²) in [7, 11) is 0. The maximum atomic E-state index is 12.4. The first-order valence-corrected chi connectivity index (χ1v) is 7.40. The van der Waals surface area contributed by atoms with E-state index in [4.69, 9.17) is 10.5 Å². The van der Waals surface area contributed by atoms with Gasteiger partial charge in [-0.1, -0.05) is 6.07 Å². The minimum Gasteiger partial charge on any atom is -0.492 e. The predicted molar refractivity (Wildman–Crippen MR) is 88.9 cm³/mol. The van der Waals surface area contributed by atoms with Gasteiger partial charge in [0.15, 0.2) is 0 Å². The van der Waals surface area contributed by atoms with Gasteiger partial charge in [0.25, 0.3) is 5.91 Å². The van der Waals surface area contributed by atoms with E-state index in [0.29, 0.717) is 33.8 Å². The standard InChI is InChI=1S/C16H17BrN2O2/c1-3-21-15-8-10(2)4-7-14(15)19-16(20)12-9-11(18)5-6-13(12)17/h4-9H,3,18H2,1-2H3,(H,19,20). The van der Waals surface area contributed by atoms with Gasteiger partial charge in [-0.05, 0) is 65.7 Å². The van der Waals surface area contributed by atoms with Gasteiger partial charge in [-0.2, -0.15) is 0 Å². The van der Waals surface area contributed by atoms with E-state index in [2.05, 4.69) is 21.2 Å². The Hall–Kier alpha value is -2.01. The van der Waals surface area contributed by atoms with Crippen molar-refractivity contribution in [3.63, 3.8) is 0 Å². The normalized spacial score (nSPS) is 10.2. The predicted octanol–water partition coefficient (Wildman–Crippen LogP) is 3.99. The average Bonchev–Trinajstić information content (AvgIpc) is 2.44. The fourth-order valence-electron chi connectivity index (χ4n) is 1.91. The van der Waals surface area contributed by atoms with Crippen molar-refractivity contribution >= 4 is 33.2 Å². The van der Waals surface area contributed by atoms with Gasteiger partial charge in [0.2, 0.25) is 0 Å². The topological polar surface area (TPSA) is 64.3 Å². The zero-order valence-electron chi connectivity index (χ0n) is 11.9. The first kappa shape index (κ1) is 15.4. The molecule has 0 radical (unpaired) electrons. The molecule has 3 N–H and O–H groups in total. The van der Waals surface area contributed by atoms with Crippen molar-refractivity contribution in [2.75, 3.05) is 17.7 Å². The van der Waals surface area contributed by atoms with E-state index < -0.39 is 0 Å². The SMILES string of the molecule is CCOc1cc(C)ccc1NC(=O)c1cc(N)ccc1Br. The molecule has 0 aliphatic heterocycles.